The van der Waals surface area contributed by atoms with Gasteiger partial charge in [-0.15, -0.1) is 10.2 Å². The lowest BCUT2D eigenvalue weighted by atomic mass is 10.1. The van der Waals surface area contributed by atoms with E-state index >= 15 is 0 Å². The van der Waals surface area contributed by atoms with Gasteiger partial charge in [0.2, 0.25) is 5.13 Å². The van der Waals surface area contributed by atoms with Gasteiger partial charge < -0.3 is 15.2 Å². The minimum Gasteiger partial charge on any atom is -0.507 e. The Kier molecular flexibility index (Phi) is 3.43. The van der Waals surface area contributed by atoms with Crippen molar-refractivity contribution in [3.63, 3.8) is 0 Å². The summed E-state index contributed by atoms with van der Waals surface area (Å²) in [7, 11) is 1.57. The Hall–Kier alpha value is -1.82. The molecule has 2 N–H and O–H groups in total. The van der Waals surface area contributed by atoms with Crippen molar-refractivity contribution >= 4 is 16.5 Å². The number of hydrogen-bond donors (Lipinski definition) is 2. The fraction of sp³-hybridized carbons (Fsp3) is 0.273. The highest BCUT2D eigenvalue weighted by molar-refractivity contribution is 7.13. The minimum absolute atomic E-state index is 0.0474. The Labute approximate surface area is 103 Å². The van der Waals surface area contributed by atoms with Gasteiger partial charge in [0.1, 0.15) is 17.0 Å². The second-order valence-electron chi connectivity index (χ2n) is 3.53. The Morgan fingerprint density at radius 3 is 2.88 bits per heavy atom. The number of ether oxygens (including phenoxy) is 1. The van der Waals surface area contributed by atoms with Gasteiger partial charge in [-0.1, -0.05) is 11.3 Å². The number of anilines is 1. The molecule has 6 heteroatoms. The number of benzene rings is 1. The highest BCUT2D eigenvalue weighted by Gasteiger charge is 2.12. The summed E-state index contributed by atoms with van der Waals surface area (Å²) < 4.78 is 5.03. The molecule has 2 rings (SSSR count). The molecule has 5 nitrogen and oxygen atoms in total. The quantitative estimate of drug-likeness (QED) is 0.873. The van der Waals surface area contributed by atoms with Crippen LogP contribution in [0.15, 0.2) is 23.7 Å². The van der Waals surface area contributed by atoms with Crippen molar-refractivity contribution in [3.8, 4) is 11.5 Å². The normalized spacial score (nSPS) is 12.1. The van der Waals surface area contributed by atoms with Gasteiger partial charge in [-0.2, -0.15) is 0 Å². The lowest BCUT2D eigenvalue weighted by Crippen LogP contribution is -2.06. The molecule has 0 radical (unpaired) electrons. The Balaban J connectivity index is 2.16. The number of aromatic nitrogens is 2. The molecule has 0 saturated heterocycles. The van der Waals surface area contributed by atoms with Crippen molar-refractivity contribution in [1.82, 2.24) is 10.2 Å². The third kappa shape index (κ3) is 2.65. The van der Waals surface area contributed by atoms with Crippen LogP contribution in [0.25, 0.3) is 0 Å². The van der Waals surface area contributed by atoms with Crippen molar-refractivity contribution in [2.75, 3.05) is 12.4 Å². The maximum Gasteiger partial charge on any atom is 0.205 e. The first kappa shape index (κ1) is 11.7. The van der Waals surface area contributed by atoms with Gasteiger partial charge in [-0.25, -0.2) is 0 Å². The van der Waals surface area contributed by atoms with E-state index in [9.17, 15) is 5.11 Å². The molecule has 90 valence electrons. The van der Waals surface area contributed by atoms with Gasteiger partial charge in [-0.3, -0.25) is 0 Å². The third-order valence-corrected chi connectivity index (χ3v) is 3.03. The van der Waals surface area contributed by atoms with Gasteiger partial charge in [0.15, 0.2) is 0 Å². The summed E-state index contributed by atoms with van der Waals surface area (Å²) in [6.45, 7) is 1.95. The van der Waals surface area contributed by atoms with Crippen molar-refractivity contribution in [2.24, 2.45) is 0 Å². The standard InChI is InChI=1S/C11H13N3O2S/c1-7(13-11-14-12-6-17-11)9-4-3-8(16-2)5-10(9)15/h3-7,15H,1-2H3,(H,13,14). The van der Waals surface area contributed by atoms with E-state index < -0.39 is 0 Å². The predicted molar refractivity (Wildman–Crippen MR) is 66.6 cm³/mol. The summed E-state index contributed by atoms with van der Waals surface area (Å²) in [5.41, 5.74) is 2.45. The zero-order chi connectivity index (χ0) is 12.3. The highest BCUT2D eigenvalue weighted by Crippen LogP contribution is 2.30. The van der Waals surface area contributed by atoms with E-state index in [-0.39, 0.29) is 11.8 Å². The molecule has 0 bridgehead atoms. The monoisotopic (exact) mass is 251 g/mol. The summed E-state index contributed by atoms with van der Waals surface area (Å²) >= 11 is 1.42. The molecule has 1 aromatic heterocycles. The molecule has 0 spiro atoms. The van der Waals surface area contributed by atoms with Crippen molar-refractivity contribution in [1.29, 1.82) is 0 Å². The second kappa shape index (κ2) is 5.01. The molecule has 0 aliphatic carbocycles. The minimum atomic E-state index is -0.0474. The van der Waals surface area contributed by atoms with Crippen LogP contribution in [-0.2, 0) is 0 Å². The fourth-order valence-corrected chi connectivity index (χ4v) is 2.05. The molecule has 1 heterocycles. The summed E-state index contributed by atoms with van der Waals surface area (Å²) in [6.07, 6.45) is 0. The molecule has 1 atom stereocenters. The molecule has 1 aromatic carbocycles. The molecular weight excluding hydrogens is 238 g/mol. The molecular formula is C11H13N3O2S. The first-order valence-electron chi connectivity index (χ1n) is 5.10. The SMILES string of the molecule is COc1ccc(C(C)Nc2nncs2)c(O)c1. The van der Waals surface area contributed by atoms with Crippen LogP contribution in [-0.4, -0.2) is 22.4 Å². The van der Waals surface area contributed by atoms with E-state index in [1.165, 1.54) is 11.3 Å². The molecule has 2 aromatic rings. The molecule has 0 aliphatic heterocycles. The van der Waals surface area contributed by atoms with Gasteiger partial charge in [0.25, 0.3) is 0 Å². The Morgan fingerprint density at radius 2 is 2.29 bits per heavy atom. The smallest absolute Gasteiger partial charge is 0.205 e. The highest BCUT2D eigenvalue weighted by atomic mass is 32.1. The van der Waals surface area contributed by atoms with E-state index in [0.717, 1.165) is 10.7 Å². The van der Waals surface area contributed by atoms with Crippen molar-refractivity contribution < 1.29 is 9.84 Å². The zero-order valence-corrected chi connectivity index (χ0v) is 10.4. The van der Waals surface area contributed by atoms with E-state index in [2.05, 4.69) is 15.5 Å². The number of phenolic OH excluding ortho intramolecular Hbond substituents is 1. The first-order valence-corrected chi connectivity index (χ1v) is 5.98. The second-order valence-corrected chi connectivity index (χ2v) is 4.37. The summed E-state index contributed by atoms with van der Waals surface area (Å²) in [4.78, 5) is 0. The molecule has 0 aliphatic rings. The number of nitrogens with zero attached hydrogens (tertiary/aromatic N) is 2. The van der Waals surface area contributed by atoms with E-state index in [0.29, 0.717) is 5.75 Å². The lowest BCUT2D eigenvalue weighted by molar-refractivity contribution is 0.406. The number of aromatic hydroxyl groups is 1. The van der Waals surface area contributed by atoms with E-state index in [4.69, 9.17) is 4.74 Å². The Bertz CT molecular complexity index is 487. The van der Waals surface area contributed by atoms with Crippen LogP contribution in [0.1, 0.15) is 18.5 Å². The fourth-order valence-electron chi connectivity index (χ4n) is 1.52. The summed E-state index contributed by atoms with van der Waals surface area (Å²) in [5.74, 6) is 0.836. The number of methoxy groups -OCH3 is 1. The van der Waals surface area contributed by atoms with Crippen LogP contribution in [0, 0.1) is 0 Å². The topological polar surface area (TPSA) is 67.3 Å². The van der Waals surface area contributed by atoms with Crippen LogP contribution in [0.3, 0.4) is 0 Å². The van der Waals surface area contributed by atoms with Gasteiger partial charge >= 0.3 is 0 Å². The predicted octanol–water partition coefficient (Wildman–Crippen LogP) is 2.43. The zero-order valence-electron chi connectivity index (χ0n) is 9.54. The third-order valence-electron chi connectivity index (χ3n) is 2.40. The summed E-state index contributed by atoms with van der Waals surface area (Å²) in [5, 5.41) is 21.4. The number of nitrogens with one attached hydrogen (secondary N) is 1. The van der Waals surface area contributed by atoms with Crippen LogP contribution < -0.4 is 10.1 Å². The number of phenols is 1. The molecule has 1 unspecified atom stereocenters. The average Bonchev–Trinajstić information content (AvgIpc) is 2.81. The average molecular weight is 251 g/mol. The molecule has 0 fully saturated rings. The van der Waals surface area contributed by atoms with Crippen LogP contribution >= 0.6 is 11.3 Å². The molecule has 0 amide bonds. The summed E-state index contributed by atoms with van der Waals surface area (Å²) in [6, 6.07) is 5.18. The lowest BCUT2D eigenvalue weighted by Gasteiger charge is -2.15. The van der Waals surface area contributed by atoms with Crippen molar-refractivity contribution in [2.45, 2.75) is 13.0 Å². The van der Waals surface area contributed by atoms with Crippen LogP contribution in [0.2, 0.25) is 0 Å². The van der Waals surface area contributed by atoms with Crippen LogP contribution in [0.4, 0.5) is 5.13 Å². The molecule has 17 heavy (non-hydrogen) atoms. The van der Waals surface area contributed by atoms with E-state index in [1.54, 1.807) is 18.7 Å². The van der Waals surface area contributed by atoms with Gasteiger partial charge in [-0.05, 0) is 19.1 Å². The van der Waals surface area contributed by atoms with Gasteiger partial charge in [0, 0.05) is 11.6 Å². The maximum atomic E-state index is 9.87. The molecule has 0 saturated carbocycles. The largest absolute Gasteiger partial charge is 0.507 e. The first-order chi connectivity index (χ1) is 8.20. The van der Waals surface area contributed by atoms with Crippen molar-refractivity contribution in [3.05, 3.63) is 29.3 Å². The van der Waals surface area contributed by atoms with Gasteiger partial charge in [0.05, 0.1) is 13.2 Å². The van der Waals surface area contributed by atoms with Crippen LogP contribution in [0.5, 0.6) is 11.5 Å². The number of hydrogen-bond acceptors (Lipinski definition) is 6. The maximum absolute atomic E-state index is 9.87. The Morgan fingerprint density at radius 1 is 1.47 bits per heavy atom. The number of rotatable bonds is 4. The van der Waals surface area contributed by atoms with E-state index in [1.807, 2.05) is 19.1 Å².